The van der Waals surface area contributed by atoms with Crippen LogP contribution in [0.25, 0.3) is 0 Å². The molecule has 0 aliphatic carbocycles. The zero-order valence-electron chi connectivity index (χ0n) is 11.3. The van der Waals surface area contributed by atoms with Crippen molar-refractivity contribution in [2.24, 2.45) is 7.05 Å². The van der Waals surface area contributed by atoms with E-state index in [2.05, 4.69) is 15.0 Å². The highest BCUT2D eigenvalue weighted by atomic mass is 35.5. The van der Waals surface area contributed by atoms with Crippen LogP contribution in [0.1, 0.15) is 10.4 Å². The molecule has 0 bridgehead atoms. The Labute approximate surface area is 127 Å². The molecule has 0 aliphatic heterocycles. The molecule has 1 aromatic heterocycles. The van der Waals surface area contributed by atoms with Gasteiger partial charge in [-0.1, -0.05) is 11.6 Å². The van der Waals surface area contributed by atoms with Crippen LogP contribution < -0.4 is 10.0 Å². The summed E-state index contributed by atoms with van der Waals surface area (Å²) in [6.45, 7) is 0. The lowest BCUT2D eigenvalue weighted by Gasteiger charge is -2.07. The molecule has 0 unspecified atom stereocenters. The zero-order chi connectivity index (χ0) is 15.6. The van der Waals surface area contributed by atoms with E-state index in [1.165, 1.54) is 42.2 Å². The first-order valence-corrected chi connectivity index (χ1v) is 7.73. The summed E-state index contributed by atoms with van der Waals surface area (Å²) in [5.41, 5.74) is 0.737. The van der Waals surface area contributed by atoms with E-state index in [4.69, 9.17) is 11.6 Å². The Morgan fingerprint density at radius 1 is 1.29 bits per heavy atom. The summed E-state index contributed by atoms with van der Waals surface area (Å²) in [4.78, 5) is 15.2. The van der Waals surface area contributed by atoms with E-state index in [1.807, 2.05) is 0 Å². The molecule has 1 amide bonds. The number of nitrogens with zero attached hydrogens (tertiary/aromatic N) is 2. The summed E-state index contributed by atoms with van der Waals surface area (Å²) in [6, 6.07) is 5.99. The van der Waals surface area contributed by atoms with Gasteiger partial charge in [0, 0.05) is 25.3 Å². The van der Waals surface area contributed by atoms with Gasteiger partial charge in [0.2, 0.25) is 5.03 Å². The highest BCUT2D eigenvalue weighted by Gasteiger charge is 2.22. The number of rotatable bonds is 4. The maximum atomic E-state index is 12.2. The Morgan fingerprint density at radius 2 is 1.90 bits per heavy atom. The first-order chi connectivity index (χ1) is 9.85. The first-order valence-electron chi connectivity index (χ1n) is 5.87. The lowest BCUT2D eigenvalue weighted by molar-refractivity contribution is 0.0963. The topological polar surface area (TPSA) is 93.1 Å². The van der Waals surface area contributed by atoms with Crippen molar-refractivity contribution in [1.29, 1.82) is 0 Å². The molecule has 0 spiro atoms. The van der Waals surface area contributed by atoms with Crippen LogP contribution in [0.2, 0.25) is 5.15 Å². The van der Waals surface area contributed by atoms with Gasteiger partial charge in [0.15, 0.2) is 0 Å². The molecule has 21 heavy (non-hydrogen) atoms. The van der Waals surface area contributed by atoms with Crippen LogP contribution in [0.3, 0.4) is 0 Å². The molecule has 7 nitrogen and oxygen atoms in total. The number of benzene rings is 1. The van der Waals surface area contributed by atoms with Crippen molar-refractivity contribution >= 4 is 33.2 Å². The quantitative estimate of drug-likeness (QED) is 0.883. The Bertz CT molecular complexity index is 768. The van der Waals surface area contributed by atoms with Gasteiger partial charge in [-0.15, -0.1) is 0 Å². The second-order valence-electron chi connectivity index (χ2n) is 4.21. The predicted molar refractivity (Wildman–Crippen MR) is 78.9 cm³/mol. The standard InChI is InChI=1S/C12H13ClN4O3S/c1-14-11(18)8-3-5-9(6-4-8)16-21(19,20)12-10(13)17(2)7-15-12/h3-7,16H,1-2H3,(H,14,18). The maximum Gasteiger partial charge on any atom is 0.282 e. The van der Waals surface area contributed by atoms with Gasteiger partial charge in [-0.2, -0.15) is 8.42 Å². The lowest BCUT2D eigenvalue weighted by atomic mass is 10.2. The lowest BCUT2D eigenvalue weighted by Crippen LogP contribution is -2.18. The minimum atomic E-state index is -3.88. The number of carbonyl (C=O) groups is 1. The summed E-state index contributed by atoms with van der Waals surface area (Å²) in [7, 11) is -0.771. The van der Waals surface area contributed by atoms with Crippen molar-refractivity contribution in [3.63, 3.8) is 0 Å². The average molecular weight is 329 g/mol. The summed E-state index contributed by atoms with van der Waals surface area (Å²) >= 11 is 5.87. The number of aromatic nitrogens is 2. The third-order valence-electron chi connectivity index (χ3n) is 2.72. The van der Waals surface area contributed by atoms with Gasteiger partial charge in [-0.05, 0) is 24.3 Å². The third kappa shape index (κ3) is 3.17. The largest absolute Gasteiger partial charge is 0.355 e. The molecule has 0 atom stereocenters. The first kappa shape index (κ1) is 15.3. The smallest absolute Gasteiger partial charge is 0.282 e. The van der Waals surface area contributed by atoms with E-state index in [0.717, 1.165) is 0 Å². The number of hydrogen-bond donors (Lipinski definition) is 2. The Kier molecular flexibility index (Phi) is 4.19. The third-order valence-corrected chi connectivity index (χ3v) is 4.59. The number of imidazole rings is 1. The molecule has 2 rings (SSSR count). The summed E-state index contributed by atoms with van der Waals surface area (Å²) in [5, 5.41) is 2.25. The zero-order valence-corrected chi connectivity index (χ0v) is 12.9. The number of aryl methyl sites for hydroxylation is 1. The van der Waals surface area contributed by atoms with Crippen LogP contribution in [0.5, 0.6) is 0 Å². The molecule has 1 aromatic carbocycles. The van der Waals surface area contributed by atoms with E-state index >= 15 is 0 Å². The second-order valence-corrected chi connectivity index (χ2v) is 6.17. The number of amides is 1. The maximum absolute atomic E-state index is 12.2. The van der Waals surface area contributed by atoms with Crippen LogP contribution in [-0.2, 0) is 17.1 Å². The van der Waals surface area contributed by atoms with E-state index in [9.17, 15) is 13.2 Å². The van der Waals surface area contributed by atoms with Crippen LogP contribution in [0.4, 0.5) is 5.69 Å². The van der Waals surface area contributed by atoms with Crippen LogP contribution in [0.15, 0.2) is 35.6 Å². The van der Waals surface area contributed by atoms with E-state index in [0.29, 0.717) is 11.3 Å². The molecule has 2 aromatic rings. The van der Waals surface area contributed by atoms with Crippen LogP contribution >= 0.6 is 11.6 Å². The predicted octanol–water partition coefficient (Wildman–Crippen LogP) is 1.23. The number of halogens is 1. The molecule has 2 N–H and O–H groups in total. The summed E-state index contributed by atoms with van der Waals surface area (Å²) in [6.07, 6.45) is 1.31. The monoisotopic (exact) mass is 328 g/mol. The number of nitrogens with one attached hydrogen (secondary N) is 2. The van der Waals surface area contributed by atoms with Crippen molar-refractivity contribution in [2.45, 2.75) is 5.03 Å². The molecular weight excluding hydrogens is 316 g/mol. The van der Waals surface area contributed by atoms with Gasteiger partial charge in [0.1, 0.15) is 5.15 Å². The van der Waals surface area contributed by atoms with Gasteiger partial charge in [0.25, 0.3) is 15.9 Å². The minimum absolute atomic E-state index is 0.0180. The minimum Gasteiger partial charge on any atom is -0.355 e. The average Bonchev–Trinajstić information content (AvgIpc) is 2.79. The molecule has 112 valence electrons. The van der Waals surface area contributed by atoms with Crippen LogP contribution in [0, 0.1) is 0 Å². The highest BCUT2D eigenvalue weighted by Crippen LogP contribution is 2.21. The van der Waals surface area contributed by atoms with Crippen molar-refractivity contribution in [2.75, 3.05) is 11.8 Å². The van der Waals surface area contributed by atoms with Gasteiger partial charge in [0.05, 0.1) is 6.33 Å². The van der Waals surface area contributed by atoms with Gasteiger partial charge >= 0.3 is 0 Å². The van der Waals surface area contributed by atoms with Crippen LogP contribution in [-0.4, -0.2) is 30.9 Å². The Balaban J connectivity index is 2.25. The van der Waals surface area contributed by atoms with Crippen molar-refractivity contribution in [3.05, 3.63) is 41.3 Å². The highest BCUT2D eigenvalue weighted by molar-refractivity contribution is 7.92. The van der Waals surface area contributed by atoms with Crippen molar-refractivity contribution in [3.8, 4) is 0 Å². The molecule has 0 saturated heterocycles. The normalized spacial score (nSPS) is 11.2. The van der Waals surface area contributed by atoms with Crippen molar-refractivity contribution in [1.82, 2.24) is 14.9 Å². The summed E-state index contributed by atoms with van der Waals surface area (Å²) in [5.74, 6) is -0.253. The van der Waals surface area contributed by atoms with Gasteiger partial charge in [-0.3, -0.25) is 9.52 Å². The SMILES string of the molecule is CNC(=O)c1ccc(NS(=O)(=O)c2ncn(C)c2Cl)cc1. The number of sulfonamides is 1. The van der Waals surface area contributed by atoms with Gasteiger partial charge in [-0.25, -0.2) is 4.98 Å². The fourth-order valence-electron chi connectivity index (χ4n) is 1.61. The fourth-order valence-corrected chi connectivity index (χ4v) is 3.10. The second kappa shape index (κ2) is 5.74. The molecular formula is C12H13ClN4O3S. The fraction of sp³-hybridized carbons (Fsp3) is 0.167. The Hall–Kier alpha value is -2.06. The number of hydrogen-bond acceptors (Lipinski definition) is 4. The number of anilines is 1. The van der Waals surface area contributed by atoms with E-state index in [1.54, 1.807) is 7.05 Å². The van der Waals surface area contributed by atoms with E-state index in [-0.39, 0.29) is 16.1 Å². The van der Waals surface area contributed by atoms with Crippen molar-refractivity contribution < 1.29 is 13.2 Å². The summed E-state index contributed by atoms with van der Waals surface area (Å²) < 4.78 is 28.1. The molecule has 1 heterocycles. The molecule has 0 radical (unpaired) electrons. The molecule has 0 fully saturated rings. The molecule has 0 saturated carbocycles. The van der Waals surface area contributed by atoms with E-state index < -0.39 is 10.0 Å². The number of carbonyl (C=O) groups excluding carboxylic acids is 1. The molecule has 9 heteroatoms. The molecule has 0 aliphatic rings. The van der Waals surface area contributed by atoms with Gasteiger partial charge < -0.3 is 9.88 Å². The Morgan fingerprint density at radius 3 is 2.38 bits per heavy atom.